The van der Waals surface area contributed by atoms with Gasteiger partial charge < -0.3 is 10.1 Å². The number of alkyl halides is 3. The van der Waals surface area contributed by atoms with Crippen molar-refractivity contribution in [2.45, 2.75) is 63.9 Å². The molecule has 1 saturated heterocycles. The molecule has 35 heavy (non-hydrogen) atoms. The highest BCUT2D eigenvalue weighted by Gasteiger charge is 2.41. The number of hydrogen-bond acceptors (Lipinski definition) is 4. The summed E-state index contributed by atoms with van der Waals surface area (Å²) in [6.07, 6.45) is -2.72. The molecule has 0 aliphatic carbocycles. The molecule has 1 fully saturated rings. The minimum Gasteiger partial charge on any atom is -0.372 e. The van der Waals surface area contributed by atoms with Crippen LogP contribution in [0.4, 0.5) is 13.2 Å². The van der Waals surface area contributed by atoms with Crippen molar-refractivity contribution >= 4 is 11.7 Å². The molecule has 1 amide bonds. The van der Waals surface area contributed by atoms with Gasteiger partial charge in [-0.15, -0.1) is 0 Å². The number of carbonyl (C=O) groups excluding carboxylic acids is 1. The van der Waals surface area contributed by atoms with Gasteiger partial charge in [0.2, 0.25) is 5.91 Å². The Labute approximate surface area is 204 Å². The van der Waals surface area contributed by atoms with Crippen molar-refractivity contribution in [3.8, 4) is 0 Å². The summed E-state index contributed by atoms with van der Waals surface area (Å²) in [7, 11) is 0. The Hall–Kier alpha value is -2.71. The minimum absolute atomic E-state index is 0.0177. The SMILES string of the molecule is CCC1=NCC(=O)N1[C@H]1CC[C@@](CO[C@H](C)c2cc(C)cc(C(F)(F)F)c2)(c2ccccc2)NC1. The van der Waals surface area contributed by atoms with Gasteiger partial charge in [-0.05, 0) is 49.9 Å². The summed E-state index contributed by atoms with van der Waals surface area (Å²) >= 11 is 0. The number of rotatable bonds is 7. The molecule has 5 nitrogen and oxygen atoms in total. The number of aliphatic imine (C=N–C) groups is 1. The van der Waals surface area contributed by atoms with Gasteiger partial charge in [0.05, 0.1) is 29.9 Å². The largest absolute Gasteiger partial charge is 0.416 e. The second-order valence-corrected chi connectivity index (χ2v) is 9.45. The molecule has 2 heterocycles. The van der Waals surface area contributed by atoms with Crippen molar-refractivity contribution in [1.82, 2.24) is 10.2 Å². The molecule has 2 aliphatic rings. The first kappa shape index (κ1) is 25.4. The zero-order chi connectivity index (χ0) is 25.2. The number of halogens is 3. The fourth-order valence-electron chi connectivity index (χ4n) is 5.07. The van der Waals surface area contributed by atoms with E-state index < -0.39 is 23.4 Å². The fourth-order valence-corrected chi connectivity index (χ4v) is 5.07. The van der Waals surface area contributed by atoms with Crippen LogP contribution in [-0.4, -0.2) is 42.4 Å². The number of aryl methyl sites for hydroxylation is 1. The van der Waals surface area contributed by atoms with E-state index in [0.29, 0.717) is 30.7 Å². The second kappa shape index (κ2) is 10.1. The monoisotopic (exact) mass is 487 g/mol. The third-order valence-electron chi connectivity index (χ3n) is 7.01. The van der Waals surface area contributed by atoms with Crippen LogP contribution in [0.3, 0.4) is 0 Å². The summed E-state index contributed by atoms with van der Waals surface area (Å²) < 4.78 is 46.2. The lowest BCUT2D eigenvalue weighted by Crippen LogP contribution is -2.58. The Morgan fingerprint density at radius 3 is 2.60 bits per heavy atom. The number of benzene rings is 2. The molecule has 0 bridgehead atoms. The van der Waals surface area contributed by atoms with E-state index in [0.717, 1.165) is 30.3 Å². The van der Waals surface area contributed by atoms with Crippen LogP contribution in [0.15, 0.2) is 53.5 Å². The molecule has 0 aromatic heterocycles. The highest BCUT2D eigenvalue weighted by atomic mass is 19.4. The third-order valence-corrected chi connectivity index (χ3v) is 7.01. The average molecular weight is 488 g/mol. The molecule has 188 valence electrons. The Morgan fingerprint density at radius 2 is 1.97 bits per heavy atom. The van der Waals surface area contributed by atoms with Crippen molar-refractivity contribution in [2.24, 2.45) is 4.99 Å². The standard InChI is InChI=1S/C27H32F3N3O2/c1-4-24-31-16-25(34)33(24)23-10-11-26(32-15-23,21-8-6-5-7-9-21)17-35-19(3)20-12-18(2)13-22(14-20)27(28,29)30/h5-9,12-14,19,23,32H,4,10-11,15-17H2,1-3H3/t19-,23+,26-/m1/s1. The van der Waals surface area contributed by atoms with Crippen LogP contribution in [0.1, 0.15) is 61.5 Å². The molecule has 0 spiro atoms. The summed E-state index contributed by atoms with van der Waals surface area (Å²) in [6.45, 7) is 6.53. The summed E-state index contributed by atoms with van der Waals surface area (Å²) in [5.74, 6) is 0.865. The van der Waals surface area contributed by atoms with E-state index in [9.17, 15) is 18.0 Å². The van der Waals surface area contributed by atoms with Crippen LogP contribution in [0, 0.1) is 6.92 Å². The van der Waals surface area contributed by atoms with Crippen molar-refractivity contribution in [1.29, 1.82) is 0 Å². The molecule has 0 radical (unpaired) electrons. The maximum Gasteiger partial charge on any atom is 0.416 e. The van der Waals surface area contributed by atoms with Crippen molar-refractivity contribution in [2.75, 3.05) is 19.7 Å². The van der Waals surface area contributed by atoms with Crippen LogP contribution in [-0.2, 0) is 21.2 Å². The first-order valence-corrected chi connectivity index (χ1v) is 12.1. The van der Waals surface area contributed by atoms with E-state index in [4.69, 9.17) is 4.74 Å². The fraction of sp³-hybridized carbons (Fsp3) is 0.481. The first-order valence-electron chi connectivity index (χ1n) is 12.1. The molecule has 4 rings (SSSR count). The van der Waals surface area contributed by atoms with Crippen LogP contribution in [0.2, 0.25) is 0 Å². The summed E-state index contributed by atoms with van der Waals surface area (Å²) in [4.78, 5) is 18.7. The number of piperidine rings is 1. The molecular formula is C27H32F3N3O2. The minimum atomic E-state index is -4.40. The van der Waals surface area contributed by atoms with Gasteiger partial charge in [0, 0.05) is 13.0 Å². The summed E-state index contributed by atoms with van der Waals surface area (Å²) in [6, 6.07) is 14.0. The molecule has 8 heteroatoms. The van der Waals surface area contributed by atoms with E-state index in [1.54, 1.807) is 19.9 Å². The molecule has 1 N–H and O–H groups in total. The molecule has 0 unspecified atom stereocenters. The Morgan fingerprint density at radius 1 is 1.23 bits per heavy atom. The van der Waals surface area contributed by atoms with Crippen LogP contribution >= 0.6 is 0 Å². The van der Waals surface area contributed by atoms with Gasteiger partial charge in [-0.3, -0.25) is 14.7 Å². The second-order valence-electron chi connectivity index (χ2n) is 9.45. The molecule has 2 aromatic rings. The number of amidine groups is 1. The highest BCUT2D eigenvalue weighted by molar-refractivity contribution is 6.04. The zero-order valence-electron chi connectivity index (χ0n) is 20.4. The number of amides is 1. The van der Waals surface area contributed by atoms with Gasteiger partial charge in [-0.1, -0.05) is 48.9 Å². The van der Waals surface area contributed by atoms with Crippen LogP contribution in [0.25, 0.3) is 0 Å². The Balaban J connectivity index is 1.52. The number of hydrogen-bond donors (Lipinski definition) is 1. The predicted molar refractivity (Wildman–Crippen MR) is 129 cm³/mol. The summed E-state index contributed by atoms with van der Waals surface area (Å²) in [5.41, 5.74) is 0.937. The van der Waals surface area contributed by atoms with E-state index >= 15 is 0 Å². The summed E-state index contributed by atoms with van der Waals surface area (Å²) in [5, 5.41) is 3.64. The molecule has 0 saturated carbocycles. The third kappa shape index (κ3) is 5.43. The normalized spacial score (nSPS) is 23.9. The number of nitrogens with one attached hydrogen (secondary N) is 1. The Bertz CT molecular complexity index is 1080. The van der Waals surface area contributed by atoms with Gasteiger partial charge in [0.1, 0.15) is 12.4 Å². The highest BCUT2D eigenvalue weighted by Crippen LogP contribution is 2.36. The van der Waals surface area contributed by atoms with Gasteiger partial charge in [0.25, 0.3) is 0 Å². The van der Waals surface area contributed by atoms with Gasteiger partial charge in [-0.25, -0.2) is 0 Å². The smallest absolute Gasteiger partial charge is 0.372 e. The topological polar surface area (TPSA) is 53.9 Å². The lowest BCUT2D eigenvalue weighted by molar-refractivity contribution is -0.137. The number of nitrogens with zero attached hydrogens (tertiary/aromatic N) is 2. The first-order chi connectivity index (χ1) is 16.6. The van der Waals surface area contributed by atoms with Crippen molar-refractivity contribution in [3.63, 3.8) is 0 Å². The maximum atomic E-state index is 13.3. The average Bonchev–Trinajstić information content (AvgIpc) is 3.23. The quantitative estimate of drug-likeness (QED) is 0.570. The molecule has 2 aliphatic heterocycles. The van der Waals surface area contributed by atoms with Gasteiger partial charge >= 0.3 is 6.18 Å². The molecule has 2 aromatic carbocycles. The molecular weight excluding hydrogens is 455 g/mol. The molecule has 3 atom stereocenters. The van der Waals surface area contributed by atoms with Gasteiger partial charge in [-0.2, -0.15) is 13.2 Å². The number of ether oxygens (including phenoxy) is 1. The lowest BCUT2D eigenvalue weighted by Gasteiger charge is -2.44. The lowest BCUT2D eigenvalue weighted by atomic mass is 9.81. The van der Waals surface area contributed by atoms with Gasteiger partial charge in [0.15, 0.2) is 0 Å². The van der Waals surface area contributed by atoms with E-state index in [-0.39, 0.29) is 18.5 Å². The van der Waals surface area contributed by atoms with Crippen LogP contribution < -0.4 is 5.32 Å². The van der Waals surface area contributed by atoms with Crippen molar-refractivity contribution < 1.29 is 22.7 Å². The number of carbonyl (C=O) groups is 1. The predicted octanol–water partition coefficient (Wildman–Crippen LogP) is 5.39. The van der Waals surface area contributed by atoms with Crippen molar-refractivity contribution in [3.05, 3.63) is 70.8 Å². The zero-order valence-corrected chi connectivity index (χ0v) is 20.4. The maximum absolute atomic E-state index is 13.3. The van der Waals surface area contributed by atoms with E-state index in [2.05, 4.69) is 10.3 Å². The van der Waals surface area contributed by atoms with Crippen LogP contribution in [0.5, 0.6) is 0 Å². The van der Waals surface area contributed by atoms with E-state index in [1.165, 1.54) is 6.07 Å². The van der Waals surface area contributed by atoms with E-state index in [1.807, 2.05) is 42.2 Å². The Kier molecular flexibility index (Phi) is 7.33.